The number of hydrogen-bond donors (Lipinski definition) is 0. The first-order valence-corrected chi connectivity index (χ1v) is 19.9. The van der Waals surface area contributed by atoms with Gasteiger partial charge in [0.15, 0.2) is 40.5 Å². The van der Waals surface area contributed by atoms with Crippen molar-refractivity contribution < 1.29 is 9.47 Å². The molecule has 280 valence electrons. The number of nitrogens with zero attached hydrogens (tertiary/aromatic N) is 3. The van der Waals surface area contributed by atoms with Gasteiger partial charge in [-0.1, -0.05) is 166 Å². The van der Waals surface area contributed by atoms with Gasteiger partial charge >= 0.3 is 0 Å². The lowest BCUT2D eigenvalue weighted by atomic mass is 9.82. The van der Waals surface area contributed by atoms with Crippen LogP contribution in [-0.4, -0.2) is 15.0 Å². The quantitative estimate of drug-likeness (QED) is 0.169. The molecule has 0 saturated heterocycles. The average molecular weight is 760 g/mol. The third kappa shape index (κ3) is 6.16. The van der Waals surface area contributed by atoms with E-state index < -0.39 is 0 Å². The smallest absolute Gasteiger partial charge is 0.170 e. The molecule has 11 rings (SSSR count). The molecule has 0 amide bonds. The molecule has 1 aliphatic carbocycles. The van der Waals surface area contributed by atoms with Gasteiger partial charge in [0.2, 0.25) is 0 Å². The van der Waals surface area contributed by atoms with Gasteiger partial charge in [-0.3, -0.25) is 0 Å². The summed E-state index contributed by atoms with van der Waals surface area (Å²) in [7, 11) is 0. The lowest BCUT2D eigenvalue weighted by Gasteiger charge is -2.25. The molecule has 1 aromatic heterocycles. The predicted octanol–water partition coefficient (Wildman–Crippen LogP) is 14.1. The van der Waals surface area contributed by atoms with Crippen molar-refractivity contribution in [2.24, 2.45) is 0 Å². The molecule has 5 nitrogen and oxygen atoms in total. The van der Waals surface area contributed by atoms with E-state index in [0.717, 1.165) is 61.6 Å². The Kier molecular flexibility index (Phi) is 8.09. The number of ether oxygens (including phenoxy) is 2. The van der Waals surface area contributed by atoms with E-state index in [2.05, 4.69) is 184 Å². The second-order valence-electron chi connectivity index (χ2n) is 15.7. The van der Waals surface area contributed by atoms with Crippen LogP contribution < -0.4 is 9.47 Å². The predicted molar refractivity (Wildman–Crippen MR) is 237 cm³/mol. The summed E-state index contributed by atoms with van der Waals surface area (Å²) in [4.78, 5) is 15.3. The average Bonchev–Trinajstić information content (AvgIpc) is 3.52. The molecule has 0 N–H and O–H groups in total. The Labute approximate surface area is 343 Å². The van der Waals surface area contributed by atoms with Crippen molar-refractivity contribution in [3.63, 3.8) is 0 Å². The van der Waals surface area contributed by atoms with Crippen molar-refractivity contribution in [1.82, 2.24) is 15.0 Å². The summed E-state index contributed by atoms with van der Waals surface area (Å²) >= 11 is 0. The number of aromatic nitrogens is 3. The van der Waals surface area contributed by atoms with Crippen LogP contribution in [0.4, 0.5) is 0 Å². The van der Waals surface area contributed by atoms with Crippen LogP contribution in [-0.2, 0) is 5.41 Å². The zero-order valence-corrected chi connectivity index (χ0v) is 32.6. The zero-order chi connectivity index (χ0) is 39.5. The van der Waals surface area contributed by atoms with E-state index >= 15 is 0 Å². The first-order valence-electron chi connectivity index (χ1n) is 19.9. The number of rotatable bonds is 6. The van der Waals surface area contributed by atoms with Gasteiger partial charge in [0.05, 0.1) is 0 Å². The van der Waals surface area contributed by atoms with E-state index in [9.17, 15) is 0 Å². The topological polar surface area (TPSA) is 57.1 Å². The van der Waals surface area contributed by atoms with E-state index in [1.807, 2.05) is 18.2 Å². The molecule has 5 heteroatoms. The van der Waals surface area contributed by atoms with E-state index in [4.69, 9.17) is 24.4 Å². The fraction of sp³-hybridized carbons (Fsp3) is 0.0556. The van der Waals surface area contributed by atoms with Crippen LogP contribution in [0.2, 0.25) is 0 Å². The molecule has 59 heavy (non-hydrogen) atoms. The van der Waals surface area contributed by atoms with Gasteiger partial charge in [-0.25, -0.2) is 15.0 Å². The van der Waals surface area contributed by atoms with Crippen molar-refractivity contribution in [1.29, 1.82) is 0 Å². The summed E-state index contributed by atoms with van der Waals surface area (Å²) in [6.07, 6.45) is 0. The Balaban J connectivity index is 0.938. The van der Waals surface area contributed by atoms with Crippen LogP contribution >= 0.6 is 0 Å². The van der Waals surface area contributed by atoms with Crippen molar-refractivity contribution in [2.45, 2.75) is 19.3 Å². The molecule has 2 aliphatic rings. The van der Waals surface area contributed by atoms with Gasteiger partial charge in [0.25, 0.3) is 0 Å². The number of hydrogen-bond acceptors (Lipinski definition) is 5. The van der Waals surface area contributed by atoms with Crippen LogP contribution in [0.5, 0.6) is 23.0 Å². The molecular formula is C54H37N3O2. The maximum absolute atomic E-state index is 6.57. The Morgan fingerprint density at radius 1 is 0.305 bits per heavy atom. The second kappa shape index (κ2) is 13.8. The Bertz CT molecular complexity index is 2970. The molecule has 0 saturated carbocycles. The van der Waals surface area contributed by atoms with Crippen LogP contribution in [0.1, 0.15) is 25.0 Å². The Morgan fingerprint density at radius 3 is 1.39 bits per heavy atom. The van der Waals surface area contributed by atoms with Gasteiger partial charge in [-0.2, -0.15) is 0 Å². The van der Waals surface area contributed by atoms with Crippen molar-refractivity contribution in [3.8, 4) is 102 Å². The van der Waals surface area contributed by atoms with Gasteiger partial charge in [-0.05, 0) is 92.0 Å². The molecule has 2 heterocycles. The van der Waals surface area contributed by atoms with E-state index in [1.165, 1.54) is 22.3 Å². The summed E-state index contributed by atoms with van der Waals surface area (Å²) < 4.78 is 13.0. The third-order valence-electron chi connectivity index (χ3n) is 11.6. The SMILES string of the molecule is CC1(C)c2ccccc2-c2cc3c(cc21)Oc1ccc(-c2ccc(-c4nc(-c5cccc(-c6ccccc6)c5)nc(-c5cccc(-c6ccccc6)c5)n4)cc2)cc1O3. The van der Waals surface area contributed by atoms with Crippen molar-refractivity contribution in [2.75, 3.05) is 0 Å². The first kappa shape index (κ1) is 34.6. The molecule has 0 bridgehead atoms. The van der Waals surface area contributed by atoms with Crippen molar-refractivity contribution in [3.05, 3.63) is 199 Å². The largest absolute Gasteiger partial charge is 0.450 e. The maximum Gasteiger partial charge on any atom is 0.170 e. The van der Waals surface area contributed by atoms with Gasteiger partial charge < -0.3 is 9.47 Å². The molecule has 0 unspecified atom stereocenters. The fourth-order valence-corrected chi connectivity index (χ4v) is 8.47. The molecule has 0 fully saturated rings. The van der Waals surface area contributed by atoms with E-state index in [1.54, 1.807) is 0 Å². The van der Waals surface area contributed by atoms with Gasteiger partial charge in [0.1, 0.15) is 0 Å². The highest BCUT2D eigenvalue weighted by Gasteiger charge is 2.37. The molecule has 0 radical (unpaired) electrons. The fourth-order valence-electron chi connectivity index (χ4n) is 8.47. The first-order chi connectivity index (χ1) is 28.9. The van der Waals surface area contributed by atoms with E-state index in [0.29, 0.717) is 29.0 Å². The lowest BCUT2D eigenvalue weighted by Crippen LogP contribution is -2.15. The van der Waals surface area contributed by atoms with Gasteiger partial charge in [0, 0.05) is 22.1 Å². The highest BCUT2D eigenvalue weighted by Crippen LogP contribution is 2.55. The number of fused-ring (bicyclic) bond motifs is 5. The monoisotopic (exact) mass is 759 g/mol. The molecular weight excluding hydrogens is 723 g/mol. The standard InChI is InChI=1S/C54H37N3O2/c1-54(2)45-22-10-9-21-43(45)44-32-49-50(33-46(44)54)58-47-28-27-40(31-48(47)59-49)36-23-25-37(26-24-36)51-55-52(41-19-11-17-38(29-41)34-13-5-3-6-14-34)57-53(56-51)42-20-12-18-39(30-42)35-15-7-4-8-16-35/h3-33H,1-2H3. The molecule has 8 aromatic carbocycles. The summed E-state index contributed by atoms with van der Waals surface area (Å²) in [5.74, 6) is 4.67. The number of benzene rings is 8. The van der Waals surface area contributed by atoms with Crippen LogP contribution in [0, 0.1) is 0 Å². The normalized spacial score (nSPS) is 13.0. The summed E-state index contributed by atoms with van der Waals surface area (Å²) in [5.41, 5.74) is 14.1. The lowest BCUT2D eigenvalue weighted by molar-refractivity contribution is 0.359. The molecule has 0 spiro atoms. The third-order valence-corrected chi connectivity index (χ3v) is 11.6. The molecule has 9 aromatic rings. The summed E-state index contributed by atoms with van der Waals surface area (Å²) in [5, 5.41) is 0. The van der Waals surface area contributed by atoms with Crippen LogP contribution in [0.15, 0.2) is 188 Å². The van der Waals surface area contributed by atoms with Crippen LogP contribution in [0.3, 0.4) is 0 Å². The van der Waals surface area contributed by atoms with Crippen LogP contribution in [0.25, 0.3) is 78.7 Å². The maximum atomic E-state index is 6.57. The summed E-state index contributed by atoms with van der Waals surface area (Å²) in [6.45, 7) is 4.54. The molecule has 0 atom stereocenters. The Hall–Kier alpha value is -7.63. The molecule has 1 aliphatic heterocycles. The minimum Gasteiger partial charge on any atom is -0.450 e. The Morgan fingerprint density at radius 2 is 0.746 bits per heavy atom. The van der Waals surface area contributed by atoms with Gasteiger partial charge in [-0.15, -0.1) is 0 Å². The minimum absolute atomic E-state index is 0.119. The van der Waals surface area contributed by atoms with Crippen molar-refractivity contribution >= 4 is 0 Å². The minimum atomic E-state index is -0.119. The highest BCUT2D eigenvalue weighted by atomic mass is 16.6. The second-order valence-corrected chi connectivity index (χ2v) is 15.7. The summed E-state index contributed by atoms with van der Waals surface area (Å²) in [6, 6.07) is 64.9. The van der Waals surface area contributed by atoms with E-state index in [-0.39, 0.29) is 5.41 Å². The zero-order valence-electron chi connectivity index (χ0n) is 32.6. The highest BCUT2D eigenvalue weighted by molar-refractivity contribution is 5.84.